The maximum Gasteiger partial charge on any atom is 0.107 e. The molecule has 1 saturated carbocycles. The van der Waals surface area contributed by atoms with Crippen LogP contribution in [0.25, 0.3) is 0 Å². The van der Waals surface area contributed by atoms with Gasteiger partial charge in [0, 0.05) is 10.9 Å². The van der Waals surface area contributed by atoms with Crippen molar-refractivity contribution in [2.24, 2.45) is 11.7 Å². The van der Waals surface area contributed by atoms with Gasteiger partial charge in [-0.05, 0) is 53.2 Å². The molecule has 90 valence electrons. The molecule has 0 aromatic carbocycles. The van der Waals surface area contributed by atoms with E-state index in [1.54, 1.807) is 11.3 Å². The van der Waals surface area contributed by atoms with Crippen LogP contribution in [-0.2, 0) is 4.74 Å². The molecule has 0 radical (unpaired) electrons. The largest absolute Gasteiger partial charge is 0.371 e. The first-order valence-corrected chi connectivity index (χ1v) is 7.44. The average Bonchev–Trinajstić information content (AvgIpc) is 3.01. The predicted octanol–water partition coefficient (Wildman–Crippen LogP) is 3.72. The van der Waals surface area contributed by atoms with Crippen LogP contribution < -0.4 is 5.73 Å². The van der Waals surface area contributed by atoms with E-state index in [1.165, 1.54) is 17.7 Å². The van der Waals surface area contributed by atoms with Crippen LogP contribution in [0.3, 0.4) is 0 Å². The summed E-state index contributed by atoms with van der Waals surface area (Å²) in [4.78, 5) is 1.24. The summed E-state index contributed by atoms with van der Waals surface area (Å²) in [6.07, 6.45) is 3.66. The third kappa shape index (κ3) is 3.29. The average molecular weight is 304 g/mol. The number of thiophene rings is 1. The van der Waals surface area contributed by atoms with Crippen molar-refractivity contribution in [3.8, 4) is 0 Å². The highest BCUT2D eigenvalue weighted by Gasteiger charge is 2.26. The summed E-state index contributed by atoms with van der Waals surface area (Å²) in [5.74, 6) is 0.787. The molecule has 1 fully saturated rings. The second-order valence-corrected chi connectivity index (χ2v) is 6.91. The third-order valence-electron chi connectivity index (χ3n) is 2.94. The molecule has 4 heteroatoms. The van der Waals surface area contributed by atoms with E-state index in [4.69, 9.17) is 10.5 Å². The molecule has 0 spiro atoms. The molecule has 16 heavy (non-hydrogen) atoms. The van der Waals surface area contributed by atoms with Gasteiger partial charge in [0.25, 0.3) is 0 Å². The first kappa shape index (κ1) is 12.6. The Kier molecular flexibility index (Phi) is 4.41. The first-order valence-electron chi connectivity index (χ1n) is 5.83. The lowest BCUT2D eigenvalue weighted by atomic mass is 10.1. The molecule has 2 N–H and O–H groups in total. The lowest BCUT2D eigenvalue weighted by Gasteiger charge is -2.22. The standard InChI is InChI=1S/C12H18BrNOS/c1-2-9(14)12(15-7-8-3-4-8)10-5-6-11(13)16-10/h5-6,8-9,12H,2-4,7,14H2,1H3. The van der Waals surface area contributed by atoms with Gasteiger partial charge in [-0.1, -0.05) is 6.92 Å². The molecule has 1 heterocycles. The highest BCUT2D eigenvalue weighted by Crippen LogP contribution is 2.35. The van der Waals surface area contributed by atoms with E-state index in [0.29, 0.717) is 0 Å². The minimum absolute atomic E-state index is 0.0712. The summed E-state index contributed by atoms with van der Waals surface area (Å²) in [6, 6.07) is 4.28. The van der Waals surface area contributed by atoms with E-state index in [2.05, 4.69) is 35.0 Å². The van der Waals surface area contributed by atoms with Gasteiger partial charge in [-0.2, -0.15) is 0 Å². The van der Waals surface area contributed by atoms with Crippen molar-refractivity contribution < 1.29 is 4.74 Å². The van der Waals surface area contributed by atoms with Crippen LogP contribution in [0.2, 0.25) is 0 Å². The Bertz CT molecular complexity index is 338. The molecule has 1 aliphatic carbocycles. The minimum atomic E-state index is 0.0712. The minimum Gasteiger partial charge on any atom is -0.371 e. The molecule has 2 rings (SSSR count). The van der Waals surface area contributed by atoms with Crippen molar-refractivity contribution in [2.75, 3.05) is 6.61 Å². The van der Waals surface area contributed by atoms with Crippen LogP contribution in [0.15, 0.2) is 15.9 Å². The highest BCUT2D eigenvalue weighted by molar-refractivity contribution is 9.11. The van der Waals surface area contributed by atoms with E-state index in [9.17, 15) is 0 Å². The summed E-state index contributed by atoms with van der Waals surface area (Å²) >= 11 is 5.21. The summed E-state index contributed by atoms with van der Waals surface area (Å²) in [5.41, 5.74) is 6.13. The zero-order valence-electron chi connectivity index (χ0n) is 9.49. The predicted molar refractivity (Wildman–Crippen MR) is 71.7 cm³/mol. The maximum atomic E-state index is 6.13. The van der Waals surface area contributed by atoms with Crippen molar-refractivity contribution in [1.29, 1.82) is 0 Å². The van der Waals surface area contributed by atoms with Crippen molar-refractivity contribution in [3.63, 3.8) is 0 Å². The number of hydrogen-bond acceptors (Lipinski definition) is 3. The van der Waals surface area contributed by atoms with Crippen LogP contribution in [0.4, 0.5) is 0 Å². The Balaban J connectivity index is 2.00. The number of hydrogen-bond donors (Lipinski definition) is 1. The molecule has 1 aromatic rings. The van der Waals surface area contributed by atoms with Gasteiger partial charge in [0.05, 0.1) is 10.4 Å². The Morgan fingerprint density at radius 2 is 2.31 bits per heavy atom. The summed E-state index contributed by atoms with van der Waals surface area (Å²) in [7, 11) is 0. The van der Waals surface area contributed by atoms with Crippen LogP contribution in [-0.4, -0.2) is 12.6 Å². The molecular formula is C12H18BrNOS. The SMILES string of the molecule is CCC(N)C(OCC1CC1)c1ccc(Br)s1. The van der Waals surface area contributed by atoms with Crippen LogP contribution in [0.5, 0.6) is 0 Å². The van der Waals surface area contributed by atoms with Gasteiger partial charge in [0.15, 0.2) is 0 Å². The lowest BCUT2D eigenvalue weighted by molar-refractivity contribution is 0.0291. The van der Waals surface area contributed by atoms with Crippen molar-refractivity contribution >= 4 is 27.3 Å². The van der Waals surface area contributed by atoms with Crippen molar-refractivity contribution in [2.45, 2.75) is 38.3 Å². The molecule has 0 saturated heterocycles. The first-order chi connectivity index (χ1) is 7.70. The van der Waals surface area contributed by atoms with Crippen LogP contribution >= 0.6 is 27.3 Å². The molecule has 2 unspecified atom stereocenters. The van der Waals surface area contributed by atoms with Gasteiger partial charge in [-0.3, -0.25) is 0 Å². The summed E-state index contributed by atoms with van der Waals surface area (Å²) in [5, 5.41) is 0. The van der Waals surface area contributed by atoms with E-state index in [-0.39, 0.29) is 12.1 Å². The van der Waals surface area contributed by atoms with E-state index in [0.717, 1.165) is 22.7 Å². The summed E-state index contributed by atoms with van der Waals surface area (Å²) < 4.78 is 7.13. The Hall–Kier alpha value is 0.1000. The number of nitrogens with two attached hydrogens (primary N) is 1. The van der Waals surface area contributed by atoms with Gasteiger partial charge < -0.3 is 10.5 Å². The van der Waals surface area contributed by atoms with Crippen LogP contribution in [0, 0.1) is 5.92 Å². The Morgan fingerprint density at radius 3 is 2.81 bits per heavy atom. The molecule has 2 atom stereocenters. The van der Waals surface area contributed by atoms with E-state index >= 15 is 0 Å². The molecule has 2 nitrogen and oxygen atoms in total. The summed E-state index contributed by atoms with van der Waals surface area (Å²) in [6.45, 7) is 2.98. The quantitative estimate of drug-likeness (QED) is 0.869. The topological polar surface area (TPSA) is 35.2 Å². The monoisotopic (exact) mass is 303 g/mol. The fourth-order valence-corrected chi connectivity index (χ4v) is 3.19. The molecule has 0 aliphatic heterocycles. The normalized spacial score (nSPS) is 19.7. The molecule has 1 aromatic heterocycles. The zero-order valence-corrected chi connectivity index (χ0v) is 11.9. The number of rotatable bonds is 6. The number of halogens is 1. The van der Waals surface area contributed by atoms with Crippen molar-refractivity contribution in [1.82, 2.24) is 0 Å². The van der Waals surface area contributed by atoms with Crippen LogP contribution in [0.1, 0.15) is 37.2 Å². The molecule has 0 amide bonds. The molecule has 0 bridgehead atoms. The molecular weight excluding hydrogens is 286 g/mol. The third-order valence-corrected chi connectivity index (χ3v) is 4.63. The highest BCUT2D eigenvalue weighted by atomic mass is 79.9. The smallest absolute Gasteiger partial charge is 0.107 e. The number of ether oxygens (including phenoxy) is 1. The fourth-order valence-electron chi connectivity index (χ4n) is 1.64. The van der Waals surface area contributed by atoms with Gasteiger partial charge >= 0.3 is 0 Å². The fraction of sp³-hybridized carbons (Fsp3) is 0.667. The van der Waals surface area contributed by atoms with Gasteiger partial charge in [0.1, 0.15) is 6.10 Å². The van der Waals surface area contributed by atoms with Gasteiger partial charge in [-0.25, -0.2) is 0 Å². The lowest BCUT2D eigenvalue weighted by Crippen LogP contribution is -2.29. The Morgan fingerprint density at radius 1 is 1.56 bits per heavy atom. The second kappa shape index (κ2) is 5.63. The van der Waals surface area contributed by atoms with Crippen molar-refractivity contribution in [3.05, 3.63) is 20.8 Å². The second-order valence-electron chi connectivity index (χ2n) is 4.41. The Labute approximate surface area is 109 Å². The maximum absolute atomic E-state index is 6.13. The van der Waals surface area contributed by atoms with Gasteiger partial charge in [-0.15, -0.1) is 11.3 Å². The zero-order chi connectivity index (χ0) is 11.5. The van der Waals surface area contributed by atoms with E-state index < -0.39 is 0 Å². The van der Waals surface area contributed by atoms with Gasteiger partial charge in [0.2, 0.25) is 0 Å². The molecule has 1 aliphatic rings. The van der Waals surface area contributed by atoms with E-state index in [1.807, 2.05) is 0 Å².